The fourth-order valence-electron chi connectivity index (χ4n) is 2.44. The molecule has 0 spiro atoms. The molecule has 0 radical (unpaired) electrons. The van der Waals surface area contributed by atoms with E-state index in [9.17, 15) is 4.79 Å². The number of ketones is 1. The number of carbonyl (C=O) groups is 1. The summed E-state index contributed by atoms with van der Waals surface area (Å²) in [5.41, 5.74) is 1.33. The molecule has 0 aromatic rings. The van der Waals surface area contributed by atoms with Gasteiger partial charge >= 0.3 is 0 Å². The molecule has 2 atom stereocenters. The molecule has 12 heavy (non-hydrogen) atoms. The van der Waals surface area contributed by atoms with Crippen LogP contribution in [0.25, 0.3) is 0 Å². The Morgan fingerprint density at radius 3 is 2.83 bits per heavy atom. The van der Waals surface area contributed by atoms with Gasteiger partial charge in [0, 0.05) is 6.04 Å². The van der Waals surface area contributed by atoms with E-state index in [0.717, 1.165) is 12.8 Å². The van der Waals surface area contributed by atoms with Crippen molar-refractivity contribution >= 4 is 5.78 Å². The third-order valence-corrected chi connectivity index (χ3v) is 3.19. The minimum absolute atomic E-state index is 0.199. The summed E-state index contributed by atoms with van der Waals surface area (Å²) >= 11 is 0. The topological polar surface area (TPSA) is 20.3 Å². The van der Waals surface area contributed by atoms with Crippen molar-refractivity contribution in [3.8, 4) is 0 Å². The molecule has 0 aromatic heterocycles. The molecule has 2 rings (SSSR count). The van der Waals surface area contributed by atoms with Crippen molar-refractivity contribution in [2.75, 3.05) is 7.05 Å². The van der Waals surface area contributed by atoms with Gasteiger partial charge in [0.05, 0.1) is 6.04 Å². The van der Waals surface area contributed by atoms with Crippen LogP contribution in [0.2, 0.25) is 0 Å². The van der Waals surface area contributed by atoms with Gasteiger partial charge in [-0.2, -0.15) is 0 Å². The van der Waals surface area contributed by atoms with E-state index in [0.29, 0.717) is 11.8 Å². The second kappa shape index (κ2) is 2.70. The summed E-state index contributed by atoms with van der Waals surface area (Å²) in [6.45, 7) is 2.13. The third-order valence-electron chi connectivity index (χ3n) is 3.19. The van der Waals surface area contributed by atoms with E-state index in [4.69, 9.17) is 0 Å². The Morgan fingerprint density at radius 1 is 1.50 bits per heavy atom. The Hall–Kier alpha value is -0.630. The smallest absolute Gasteiger partial charge is 0.172 e. The van der Waals surface area contributed by atoms with Crippen molar-refractivity contribution in [2.45, 2.75) is 38.3 Å². The van der Waals surface area contributed by atoms with Gasteiger partial charge in [-0.1, -0.05) is 6.92 Å². The van der Waals surface area contributed by atoms with Gasteiger partial charge in [-0.05, 0) is 38.0 Å². The van der Waals surface area contributed by atoms with Crippen molar-refractivity contribution in [1.82, 2.24) is 4.90 Å². The summed E-state index contributed by atoms with van der Waals surface area (Å²) in [5.74, 6) is 0.322. The van der Waals surface area contributed by atoms with Crippen LogP contribution in [-0.2, 0) is 4.79 Å². The maximum absolute atomic E-state index is 11.5. The van der Waals surface area contributed by atoms with E-state index in [1.165, 1.54) is 12.0 Å². The van der Waals surface area contributed by atoms with E-state index in [1.807, 2.05) is 6.08 Å². The first-order valence-electron chi connectivity index (χ1n) is 4.70. The molecular formula is C10H15NO. The first-order valence-corrected chi connectivity index (χ1v) is 4.70. The van der Waals surface area contributed by atoms with Crippen LogP contribution < -0.4 is 0 Å². The number of fused-ring (bicyclic) bond motifs is 2. The van der Waals surface area contributed by atoms with Gasteiger partial charge in [-0.15, -0.1) is 0 Å². The summed E-state index contributed by atoms with van der Waals surface area (Å²) in [5, 5.41) is 0. The molecule has 0 aliphatic carbocycles. The lowest BCUT2D eigenvalue weighted by Crippen LogP contribution is -2.41. The van der Waals surface area contributed by atoms with Crippen molar-refractivity contribution < 1.29 is 4.79 Å². The molecule has 2 aliphatic heterocycles. The lowest BCUT2D eigenvalue weighted by Gasteiger charge is -2.30. The molecule has 0 amide bonds. The fourth-order valence-corrected chi connectivity index (χ4v) is 2.44. The SMILES string of the molecule is CCC1=CC(=O)[C@@H]2CC[C@H]1N2C. The normalized spacial score (nSPS) is 35.5. The molecule has 0 N–H and O–H groups in total. The quantitative estimate of drug-likeness (QED) is 0.585. The van der Waals surface area contributed by atoms with E-state index < -0.39 is 0 Å². The maximum atomic E-state index is 11.5. The average Bonchev–Trinajstić information content (AvgIpc) is 2.32. The van der Waals surface area contributed by atoms with Crippen LogP contribution in [0, 0.1) is 0 Å². The van der Waals surface area contributed by atoms with E-state index in [-0.39, 0.29) is 6.04 Å². The largest absolute Gasteiger partial charge is 0.293 e. The number of carbonyl (C=O) groups excluding carboxylic acids is 1. The van der Waals surface area contributed by atoms with Crippen LogP contribution in [0.4, 0.5) is 0 Å². The highest BCUT2D eigenvalue weighted by atomic mass is 16.1. The molecule has 0 unspecified atom stereocenters. The predicted octanol–water partition coefficient (Wildman–Crippen LogP) is 1.37. The van der Waals surface area contributed by atoms with E-state index >= 15 is 0 Å². The van der Waals surface area contributed by atoms with Gasteiger partial charge in [0.15, 0.2) is 5.78 Å². The first-order chi connectivity index (χ1) is 5.74. The van der Waals surface area contributed by atoms with Gasteiger partial charge in [0.2, 0.25) is 0 Å². The number of likely N-dealkylation sites (N-methyl/N-ethyl adjacent to an activating group) is 1. The molecule has 0 aromatic carbocycles. The summed E-state index contributed by atoms with van der Waals surface area (Å²) < 4.78 is 0. The number of hydrogen-bond donors (Lipinski definition) is 0. The lowest BCUT2D eigenvalue weighted by molar-refractivity contribution is -0.119. The highest BCUT2D eigenvalue weighted by Crippen LogP contribution is 2.33. The van der Waals surface area contributed by atoms with Crippen LogP contribution in [0.3, 0.4) is 0 Å². The Bertz CT molecular complexity index is 244. The standard InChI is InChI=1S/C10H15NO/c1-3-7-6-10(12)9-5-4-8(7)11(9)2/h6,8-9H,3-5H2,1-2H3/t8-,9+/m1/s1. The van der Waals surface area contributed by atoms with Gasteiger partial charge in [0.1, 0.15) is 0 Å². The summed E-state index contributed by atoms with van der Waals surface area (Å²) in [6, 6.07) is 0.767. The zero-order valence-corrected chi connectivity index (χ0v) is 7.71. The predicted molar refractivity (Wildman–Crippen MR) is 48.0 cm³/mol. The summed E-state index contributed by atoms with van der Waals surface area (Å²) in [6.07, 6.45) is 5.13. The van der Waals surface area contributed by atoms with E-state index in [2.05, 4.69) is 18.9 Å². The summed E-state index contributed by atoms with van der Waals surface area (Å²) in [4.78, 5) is 13.8. The highest BCUT2D eigenvalue weighted by Gasteiger charge is 2.39. The molecule has 2 nitrogen and oxygen atoms in total. The minimum Gasteiger partial charge on any atom is -0.293 e. The monoisotopic (exact) mass is 165 g/mol. The molecule has 1 saturated heterocycles. The second-order valence-electron chi connectivity index (χ2n) is 3.75. The van der Waals surface area contributed by atoms with Gasteiger partial charge in [-0.25, -0.2) is 0 Å². The van der Waals surface area contributed by atoms with Crippen LogP contribution in [0.15, 0.2) is 11.6 Å². The van der Waals surface area contributed by atoms with Crippen LogP contribution >= 0.6 is 0 Å². The van der Waals surface area contributed by atoms with Crippen molar-refractivity contribution in [3.63, 3.8) is 0 Å². The zero-order valence-electron chi connectivity index (χ0n) is 7.71. The maximum Gasteiger partial charge on any atom is 0.172 e. The Labute approximate surface area is 73.2 Å². The molecule has 66 valence electrons. The van der Waals surface area contributed by atoms with Gasteiger partial charge < -0.3 is 0 Å². The first kappa shape index (κ1) is 7.99. The number of hydrogen-bond acceptors (Lipinski definition) is 2. The van der Waals surface area contributed by atoms with Crippen LogP contribution in [0.1, 0.15) is 26.2 Å². The molecular weight excluding hydrogens is 150 g/mol. The van der Waals surface area contributed by atoms with Crippen molar-refractivity contribution in [3.05, 3.63) is 11.6 Å². The van der Waals surface area contributed by atoms with Gasteiger partial charge in [0.25, 0.3) is 0 Å². The van der Waals surface area contributed by atoms with Crippen molar-refractivity contribution in [1.29, 1.82) is 0 Å². The zero-order chi connectivity index (χ0) is 8.72. The molecule has 2 aliphatic rings. The molecule has 2 bridgehead atoms. The lowest BCUT2D eigenvalue weighted by atomic mass is 9.99. The molecule has 2 heteroatoms. The van der Waals surface area contributed by atoms with Crippen LogP contribution in [-0.4, -0.2) is 29.8 Å². The van der Waals surface area contributed by atoms with Crippen molar-refractivity contribution in [2.24, 2.45) is 0 Å². The molecule has 0 saturated carbocycles. The van der Waals surface area contributed by atoms with Crippen LogP contribution in [0.5, 0.6) is 0 Å². The summed E-state index contributed by atoms with van der Waals surface area (Å²) in [7, 11) is 2.07. The van der Waals surface area contributed by atoms with E-state index in [1.54, 1.807) is 0 Å². The highest BCUT2D eigenvalue weighted by molar-refractivity contribution is 5.96. The number of nitrogens with zero attached hydrogens (tertiary/aromatic N) is 1. The Morgan fingerprint density at radius 2 is 2.17 bits per heavy atom. The minimum atomic E-state index is 0.199. The van der Waals surface area contributed by atoms with Gasteiger partial charge in [-0.3, -0.25) is 9.69 Å². The fraction of sp³-hybridized carbons (Fsp3) is 0.700. The third kappa shape index (κ3) is 0.944. The molecule has 2 heterocycles. The number of rotatable bonds is 1. The Balaban J connectivity index is 2.33. The molecule has 1 fully saturated rings. The average molecular weight is 165 g/mol. The Kier molecular flexibility index (Phi) is 1.80. The second-order valence-corrected chi connectivity index (χ2v) is 3.75.